The molecule has 0 bridgehead atoms. The monoisotopic (exact) mass is 404 g/mol. The molecule has 152 valence electrons. The lowest BCUT2D eigenvalue weighted by molar-refractivity contribution is -0.146. The van der Waals surface area contributed by atoms with Gasteiger partial charge in [-0.15, -0.1) is 15.3 Å². The average molecular weight is 404 g/mol. The number of aromatic nitrogens is 4. The van der Waals surface area contributed by atoms with E-state index in [0.29, 0.717) is 17.5 Å². The third-order valence-electron chi connectivity index (χ3n) is 5.17. The van der Waals surface area contributed by atoms with Crippen molar-refractivity contribution < 1.29 is 26.7 Å². The van der Waals surface area contributed by atoms with Crippen molar-refractivity contribution in [1.29, 1.82) is 0 Å². The van der Waals surface area contributed by atoms with Gasteiger partial charge in [-0.2, -0.15) is 17.7 Å². The molecule has 0 aliphatic carbocycles. The Morgan fingerprint density at radius 3 is 2.50 bits per heavy atom. The molecule has 1 amide bonds. The number of carbonyl (C=O) groups excluding carboxylic acids is 1. The molecule has 28 heavy (non-hydrogen) atoms. The lowest BCUT2D eigenvalue weighted by Crippen LogP contribution is -2.45. The Morgan fingerprint density at radius 1 is 1.11 bits per heavy atom. The van der Waals surface area contributed by atoms with E-state index in [-0.39, 0.29) is 49.8 Å². The Balaban J connectivity index is 1.47. The molecule has 0 aromatic carbocycles. The average Bonchev–Trinajstić information content (AvgIpc) is 3.27. The van der Waals surface area contributed by atoms with E-state index in [0.717, 1.165) is 0 Å². The second-order valence-electron chi connectivity index (χ2n) is 7.10. The molecule has 4 heterocycles. The van der Waals surface area contributed by atoms with Gasteiger partial charge in [0.05, 0.1) is 5.92 Å². The molecule has 7 nitrogen and oxygen atoms in total. The predicted molar refractivity (Wildman–Crippen MR) is 86.9 cm³/mol. The number of alkyl halides is 5. The molecular weight excluding hydrogens is 387 g/mol. The third kappa shape index (κ3) is 3.47. The van der Waals surface area contributed by atoms with Crippen molar-refractivity contribution in [2.75, 3.05) is 31.1 Å². The van der Waals surface area contributed by atoms with Crippen molar-refractivity contribution in [3.8, 4) is 0 Å². The van der Waals surface area contributed by atoms with Gasteiger partial charge in [-0.1, -0.05) is 0 Å². The highest BCUT2D eigenvalue weighted by atomic mass is 19.4. The zero-order valence-electron chi connectivity index (χ0n) is 14.7. The summed E-state index contributed by atoms with van der Waals surface area (Å²) in [4.78, 5) is 15.8. The maximum atomic E-state index is 13.3. The van der Waals surface area contributed by atoms with Gasteiger partial charge in [0, 0.05) is 39.0 Å². The smallest absolute Gasteiger partial charge is 0.354 e. The highest BCUT2D eigenvalue weighted by molar-refractivity contribution is 5.80. The van der Waals surface area contributed by atoms with E-state index < -0.39 is 23.8 Å². The zero-order chi connectivity index (χ0) is 20.1. The first-order chi connectivity index (χ1) is 13.1. The molecule has 12 heteroatoms. The molecule has 2 fully saturated rings. The Bertz CT molecular complexity index is 887. The van der Waals surface area contributed by atoms with Crippen LogP contribution in [0.25, 0.3) is 5.65 Å². The zero-order valence-corrected chi connectivity index (χ0v) is 14.7. The molecule has 0 radical (unpaired) electrons. The largest absolute Gasteiger partial charge is 0.453 e. The summed E-state index contributed by atoms with van der Waals surface area (Å²) in [6.07, 6.45) is -4.90. The molecule has 0 N–H and O–H groups in total. The summed E-state index contributed by atoms with van der Waals surface area (Å²) in [5.74, 6) is -4.26. The number of hydrogen-bond donors (Lipinski definition) is 0. The van der Waals surface area contributed by atoms with E-state index in [1.165, 1.54) is 17.0 Å². The standard InChI is InChI=1S/C16H17F5N6O/c17-15(18)4-7-25(8-5-15)13(28)10-3-6-26(9-10)12-2-1-11-22-23-14(16(19,20)21)27(11)24-12/h1-2,10H,3-9H2. The number of carbonyl (C=O) groups is 1. The number of halogens is 5. The Labute approximate surface area is 156 Å². The lowest BCUT2D eigenvalue weighted by atomic mass is 10.0. The summed E-state index contributed by atoms with van der Waals surface area (Å²) < 4.78 is 66.2. The minimum absolute atomic E-state index is 0.0161. The maximum absolute atomic E-state index is 13.3. The molecule has 1 atom stereocenters. The van der Waals surface area contributed by atoms with Gasteiger partial charge in [-0.05, 0) is 18.6 Å². The van der Waals surface area contributed by atoms with Gasteiger partial charge in [-0.25, -0.2) is 8.78 Å². The second kappa shape index (κ2) is 6.52. The van der Waals surface area contributed by atoms with Crippen LogP contribution in [-0.2, 0) is 11.0 Å². The fourth-order valence-corrected chi connectivity index (χ4v) is 3.61. The number of likely N-dealkylation sites (tertiary alicyclic amines) is 1. The topological polar surface area (TPSA) is 66.6 Å². The number of amides is 1. The minimum Gasteiger partial charge on any atom is -0.354 e. The van der Waals surface area contributed by atoms with Crippen molar-refractivity contribution >= 4 is 17.4 Å². The fraction of sp³-hybridized carbons (Fsp3) is 0.625. The van der Waals surface area contributed by atoms with E-state index >= 15 is 0 Å². The Kier molecular flexibility index (Phi) is 4.38. The van der Waals surface area contributed by atoms with E-state index in [2.05, 4.69) is 15.3 Å². The highest BCUT2D eigenvalue weighted by Crippen LogP contribution is 2.31. The van der Waals surface area contributed by atoms with Crippen molar-refractivity contribution in [3.63, 3.8) is 0 Å². The summed E-state index contributed by atoms with van der Waals surface area (Å²) in [5, 5.41) is 10.6. The summed E-state index contributed by atoms with van der Waals surface area (Å²) in [7, 11) is 0. The lowest BCUT2D eigenvalue weighted by Gasteiger charge is -2.33. The van der Waals surface area contributed by atoms with Crippen LogP contribution in [0.5, 0.6) is 0 Å². The summed E-state index contributed by atoms with van der Waals surface area (Å²) in [6, 6.07) is 2.91. The first kappa shape index (κ1) is 18.8. The van der Waals surface area contributed by atoms with Crippen LogP contribution < -0.4 is 4.90 Å². The van der Waals surface area contributed by atoms with Gasteiger partial charge < -0.3 is 9.80 Å². The quantitative estimate of drug-likeness (QED) is 0.719. The number of rotatable bonds is 2. The third-order valence-corrected chi connectivity index (χ3v) is 5.17. The molecule has 0 saturated carbocycles. The SMILES string of the molecule is O=C(C1CCN(c2ccc3nnc(C(F)(F)F)n3n2)C1)N1CCC(F)(F)CC1. The van der Waals surface area contributed by atoms with Crippen LogP contribution in [0.1, 0.15) is 25.1 Å². The number of fused-ring (bicyclic) bond motifs is 1. The van der Waals surface area contributed by atoms with Gasteiger partial charge >= 0.3 is 6.18 Å². The van der Waals surface area contributed by atoms with Crippen molar-refractivity contribution in [2.45, 2.75) is 31.4 Å². The van der Waals surface area contributed by atoms with Gasteiger partial charge in [-0.3, -0.25) is 4.79 Å². The predicted octanol–water partition coefficient (Wildman–Crippen LogP) is 2.23. The molecule has 2 aliphatic heterocycles. The maximum Gasteiger partial charge on any atom is 0.453 e. The van der Waals surface area contributed by atoms with E-state index in [1.54, 1.807) is 4.90 Å². The van der Waals surface area contributed by atoms with E-state index in [1.807, 2.05) is 0 Å². The van der Waals surface area contributed by atoms with Crippen molar-refractivity contribution in [2.24, 2.45) is 5.92 Å². The molecule has 4 rings (SSSR count). The van der Waals surface area contributed by atoms with Crippen molar-refractivity contribution in [3.05, 3.63) is 18.0 Å². The van der Waals surface area contributed by atoms with Crippen LogP contribution in [0.3, 0.4) is 0 Å². The van der Waals surface area contributed by atoms with Crippen LogP contribution in [0.4, 0.5) is 27.8 Å². The molecular formula is C16H17F5N6O. The van der Waals surface area contributed by atoms with E-state index in [9.17, 15) is 26.7 Å². The number of anilines is 1. The summed E-state index contributed by atoms with van der Waals surface area (Å²) in [5.41, 5.74) is -0.0304. The summed E-state index contributed by atoms with van der Waals surface area (Å²) in [6.45, 7) is 0.737. The van der Waals surface area contributed by atoms with Crippen molar-refractivity contribution in [1.82, 2.24) is 24.7 Å². The molecule has 2 aromatic heterocycles. The van der Waals surface area contributed by atoms with Gasteiger partial charge in [0.25, 0.3) is 11.7 Å². The molecule has 2 aromatic rings. The Morgan fingerprint density at radius 2 is 1.82 bits per heavy atom. The first-order valence-corrected chi connectivity index (χ1v) is 8.85. The molecule has 1 unspecified atom stereocenters. The van der Waals surface area contributed by atoms with Crippen LogP contribution in [-0.4, -0.2) is 62.7 Å². The van der Waals surface area contributed by atoms with Crippen LogP contribution in [0, 0.1) is 5.92 Å². The van der Waals surface area contributed by atoms with Crippen LogP contribution in [0.15, 0.2) is 12.1 Å². The van der Waals surface area contributed by atoms with Crippen LogP contribution in [0.2, 0.25) is 0 Å². The van der Waals surface area contributed by atoms with Gasteiger partial charge in [0.15, 0.2) is 5.65 Å². The number of nitrogens with zero attached hydrogens (tertiary/aromatic N) is 6. The highest BCUT2D eigenvalue weighted by Gasteiger charge is 2.40. The molecule has 2 aliphatic rings. The van der Waals surface area contributed by atoms with Gasteiger partial charge in [0.2, 0.25) is 5.91 Å². The Hall–Kier alpha value is -2.53. The minimum atomic E-state index is -4.69. The van der Waals surface area contributed by atoms with Crippen LogP contribution >= 0.6 is 0 Å². The molecule has 0 spiro atoms. The van der Waals surface area contributed by atoms with Gasteiger partial charge in [0.1, 0.15) is 5.82 Å². The fourth-order valence-electron chi connectivity index (χ4n) is 3.61. The number of piperidine rings is 1. The summed E-state index contributed by atoms with van der Waals surface area (Å²) >= 11 is 0. The second-order valence-corrected chi connectivity index (χ2v) is 7.10. The van der Waals surface area contributed by atoms with E-state index in [4.69, 9.17) is 0 Å². The normalized spacial score (nSPS) is 22.8. The molecule has 2 saturated heterocycles. The number of hydrogen-bond acceptors (Lipinski definition) is 5. The first-order valence-electron chi connectivity index (χ1n) is 8.85.